The molecule has 2 atom stereocenters. The summed E-state index contributed by atoms with van der Waals surface area (Å²) in [6.45, 7) is 4.61. The maximum absolute atomic E-state index is 12.9. The molecule has 0 bridgehead atoms. The van der Waals surface area contributed by atoms with Gasteiger partial charge in [0.1, 0.15) is 24.5 Å². The monoisotopic (exact) mass is 368 g/mol. The lowest BCUT2D eigenvalue weighted by Gasteiger charge is -2.35. The molecule has 1 aliphatic heterocycles. The van der Waals surface area contributed by atoms with E-state index in [1.165, 1.54) is 6.33 Å². The molecule has 7 nitrogen and oxygen atoms in total. The standard InChI is InChI=1S/C20H26N5O2/c1-15(2)9-18(21)19(27)24-8-4-7-20(24,12-26)11-16-5-3-6-17(10-16)25-14-22-13-23-25/h3,5-6,10-15,18H,4,7-9,21H2,1-2H3/t18-,20-/m0/s1. The molecule has 1 aliphatic rings. The van der Waals surface area contributed by atoms with Gasteiger partial charge in [-0.25, -0.2) is 9.67 Å². The Morgan fingerprint density at radius 1 is 1.41 bits per heavy atom. The van der Waals surface area contributed by atoms with E-state index in [0.29, 0.717) is 25.3 Å². The number of likely N-dealkylation sites (tertiary alicyclic amines) is 1. The molecule has 143 valence electrons. The fourth-order valence-electron chi connectivity index (χ4n) is 3.68. The molecule has 2 aromatic rings. The predicted octanol–water partition coefficient (Wildman–Crippen LogP) is 1.75. The minimum atomic E-state index is -0.952. The third kappa shape index (κ3) is 4.08. The molecule has 0 spiro atoms. The normalized spacial score (nSPS) is 20.8. The van der Waals surface area contributed by atoms with Crippen molar-refractivity contribution in [2.45, 2.75) is 44.7 Å². The van der Waals surface area contributed by atoms with Gasteiger partial charge in [0.15, 0.2) is 0 Å². The Bertz CT molecular complexity index is 789. The molecule has 27 heavy (non-hydrogen) atoms. The summed E-state index contributed by atoms with van der Waals surface area (Å²) >= 11 is 0. The van der Waals surface area contributed by atoms with Crippen LogP contribution in [0.5, 0.6) is 0 Å². The summed E-state index contributed by atoms with van der Waals surface area (Å²) in [4.78, 5) is 30.6. The molecular formula is C20H26N5O2. The zero-order chi connectivity index (χ0) is 19.4. The van der Waals surface area contributed by atoms with E-state index in [4.69, 9.17) is 5.73 Å². The van der Waals surface area contributed by atoms with Crippen molar-refractivity contribution < 1.29 is 9.59 Å². The van der Waals surface area contributed by atoms with Crippen LogP contribution in [0, 0.1) is 12.3 Å². The second kappa shape index (κ2) is 8.00. The average molecular weight is 368 g/mol. The number of hydrogen-bond donors (Lipinski definition) is 1. The van der Waals surface area contributed by atoms with Gasteiger partial charge in [-0.2, -0.15) is 5.10 Å². The Labute approximate surface area is 159 Å². The topological polar surface area (TPSA) is 94.1 Å². The fourth-order valence-corrected chi connectivity index (χ4v) is 3.68. The van der Waals surface area contributed by atoms with Crippen LogP contribution in [0.1, 0.15) is 38.7 Å². The minimum Gasteiger partial charge on any atom is -0.328 e. The predicted molar refractivity (Wildman–Crippen MR) is 102 cm³/mol. The van der Waals surface area contributed by atoms with Gasteiger partial charge in [-0.05, 0) is 42.9 Å². The highest BCUT2D eigenvalue weighted by atomic mass is 16.2. The summed E-state index contributed by atoms with van der Waals surface area (Å²) in [6.07, 6.45) is 7.81. The molecule has 1 amide bonds. The van der Waals surface area contributed by atoms with Crippen molar-refractivity contribution in [2.75, 3.05) is 6.54 Å². The first-order valence-corrected chi connectivity index (χ1v) is 9.29. The van der Waals surface area contributed by atoms with E-state index in [1.54, 1.807) is 15.9 Å². The molecule has 0 unspecified atom stereocenters. The molecule has 1 radical (unpaired) electrons. The number of aldehydes is 1. The van der Waals surface area contributed by atoms with Gasteiger partial charge >= 0.3 is 0 Å². The van der Waals surface area contributed by atoms with Crippen LogP contribution in [-0.4, -0.2) is 50.0 Å². The second-order valence-corrected chi connectivity index (χ2v) is 7.52. The van der Waals surface area contributed by atoms with Gasteiger partial charge in [0.2, 0.25) is 5.91 Å². The van der Waals surface area contributed by atoms with Crippen molar-refractivity contribution in [3.05, 3.63) is 48.9 Å². The average Bonchev–Trinajstić information content (AvgIpc) is 3.31. The van der Waals surface area contributed by atoms with Gasteiger partial charge in [0.05, 0.1) is 11.7 Å². The third-order valence-corrected chi connectivity index (χ3v) is 4.94. The molecule has 3 rings (SSSR count). The van der Waals surface area contributed by atoms with Crippen LogP contribution in [0.25, 0.3) is 5.69 Å². The molecule has 2 N–H and O–H groups in total. The van der Waals surface area contributed by atoms with Gasteiger partial charge in [-0.1, -0.05) is 26.0 Å². The minimum absolute atomic E-state index is 0.156. The SMILES string of the molecule is CC(C)C[C@H](N)C(=O)N1CCC[C@]1([CH]c1cccc(-n2cncn2)c1)C=O. The maximum Gasteiger partial charge on any atom is 0.240 e. The van der Waals surface area contributed by atoms with Crippen molar-refractivity contribution in [1.82, 2.24) is 19.7 Å². The number of carbonyl (C=O) groups excluding carboxylic acids is 2. The Morgan fingerprint density at radius 2 is 2.22 bits per heavy atom. The van der Waals surface area contributed by atoms with E-state index >= 15 is 0 Å². The van der Waals surface area contributed by atoms with Crippen LogP contribution in [0.4, 0.5) is 0 Å². The van der Waals surface area contributed by atoms with Crippen LogP contribution in [0.15, 0.2) is 36.9 Å². The summed E-state index contributed by atoms with van der Waals surface area (Å²) in [5, 5.41) is 4.13. The molecule has 2 heterocycles. The van der Waals surface area contributed by atoms with Gasteiger partial charge in [-0.3, -0.25) is 4.79 Å². The van der Waals surface area contributed by atoms with Crippen LogP contribution in [-0.2, 0) is 9.59 Å². The maximum atomic E-state index is 12.9. The van der Waals surface area contributed by atoms with Crippen LogP contribution in [0.3, 0.4) is 0 Å². The smallest absolute Gasteiger partial charge is 0.240 e. The number of nitrogens with two attached hydrogens (primary N) is 1. The Morgan fingerprint density at radius 3 is 2.89 bits per heavy atom. The van der Waals surface area contributed by atoms with E-state index in [-0.39, 0.29) is 5.91 Å². The first-order chi connectivity index (χ1) is 12.9. The molecular weight excluding hydrogens is 342 g/mol. The second-order valence-electron chi connectivity index (χ2n) is 7.52. The van der Waals surface area contributed by atoms with E-state index in [1.807, 2.05) is 44.5 Å². The van der Waals surface area contributed by atoms with Gasteiger partial charge in [-0.15, -0.1) is 0 Å². The van der Waals surface area contributed by atoms with Crippen molar-refractivity contribution in [3.8, 4) is 5.69 Å². The first kappa shape index (κ1) is 19.2. The largest absolute Gasteiger partial charge is 0.328 e. The van der Waals surface area contributed by atoms with E-state index < -0.39 is 11.6 Å². The van der Waals surface area contributed by atoms with E-state index in [9.17, 15) is 9.59 Å². The first-order valence-electron chi connectivity index (χ1n) is 9.29. The number of carbonyl (C=O) groups is 2. The summed E-state index contributed by atoms with van der Waals surface area (Å²) < 4.78 is 1.65. The lowest BCUT2D eigenvalue weighted by atomic mass is 9.88. The molecule has 1 saturated heterocycles. The Kier molecular flexibility index (Phi) is 5.70. The molecule has 0 aliphatic carbocycles. The van der Waals surface area contributed by atoms with Crippen LogP contribution >= 0.6 is 0 Å². The summed E-state index contributed by atoms with van der Waals surface area (Å²) in [5.41, 5.74) is 6.86. The zero-order valence-corrected chi connectivity index (χ0v) is 15.8. The van der Waals surface area contributed by atoms with Crippen LogP contribution in [0.2, 0.25) is 0 Å². The molecule has 0 saturated carbocycles. The zero-order valence-electron chi connectivity index (χ0n) is 15.8. The highest BCUT2D eigenvalue weighted by Gasteiger charge is 2.45. The lowest BCUT2D eigenvalue weighted by molar-refractivity contribution is -0.139. The molecule has 1 fully saturated rings. The molecule has 1 aromatic carbocycles. The lowest BCUT2D eigenvalue weighted by Crippen LogP contribution is -2.54. The summed E-state index contributed by atoms with van der Waals surface area (Å²) in [6, 6.07) is 7.07. The number of amides is 1. The summed E-state index contributed by atoms with van der Waals surface area (Å²) in [7, 11) is 0. The van der Waals surface area contributed by atoms with Gasteiger partial charge in [0, 0.05) is 13.0 Å². The van der Waals surface area contributed by atoms with Crippen molar-refractivity contribution in [3.63, 3.8) is 0 Å². The number of aromatic nitrogens is 3. The van der Waals surface area contributed by atoms with E-state index in [0.717, 1.165) is 24.0 Å². The van der Waals surface area contributed by atoms with Gasteiger partial charge in [0.25, 0.3) is 0 Å². The van der Waals surface area contributed by atoms with Crippen molar-refractivity contribution in [2.24, 2.45) is 11.7 Å². The molecule has 7 heteroatoms. The number of rotatable bonds is 7. The number of hydrogen-bond acceptors (Lipinski definition) is 5. The quantitative estimate of drug-likeness (QED) is 0.752. The Balaban J connectivity index is 1.83. The third-order valence-electron chi connectivity index (χ3n) is 4.94. The number of benzene rings is 1. The van der Waals surface area contributed by atoms with Gasteiger partial charge < -0.3 is 15.4 Å². The van der Waals surface area contributed by atoms with Crippen LogP contribution < -0.4 is 5.73 Å². The molecule has 1 aromatic heterocycles. The highest BCUT2D eigenvalue weighted by Crippen LogP contribution is 2.34. The fraction of sp³-hybridized carbons (Fsp3) is 0.450. The van der Waals surface area contributed by atoms with Crippen molar-refractivity contribution in [1.29, 1.82) is 0 Å². The van der Waals surface area contributed by atoms with Crippen molar-refractivity contribution >= 4 is 12.2 Å². The van der Waals surface area contributed by atoms with E-state index in [2.05, 4.69) is 10.1 Å². The highest BCUT2D eigenvalue weighted by molar-refractivity contribution is 5.87. The Hall–Kier alpha value is -2.54. The summed E-state index contributed by atoms with van der Waals surface area (Å²) in [5.74, 6) is 0.164. The number of nitrogens with zero attached hydrogens (tertiary/aromatic N) is 4.